The summed E-state index contributed by atoms with van der Waals surface area (Å²) in [6.45, 7) is 2.29. The Balaban J connectivity index is 1.89. The molecule has 5 nitrogen and oxygen atoms in total. The van der Waals surface area contributed by atoms with Gasteiger partial charge in [0.05, 0.1) is 29.1 Å². The van der Waals surface area contributed by atoms with Gasteiger partial charge in [-0.25, -0.2) is 4.98 Å². The van der Waals surface area contributed by atoms with Gasteiger partial charge in [-0.15, -0.1) is 11.3 Å². The molecule has 0 aliphatic heterocycles. The van der Waals surface area contributed by atoms with E-state index in [4.69, 9.17) is 5.11 Å². The normalized spacial score (nSPS) is 22.9. The lowest BCUT2D eigenvalue weighted by molar-refractivity contribution is -0.146. The molecule has 1 heterocycles. The van der Waals surface area contributed by atoms with Gasteiger partial charge in [-0.1, -0.05) is 6.42 Å². The van der Waals surface area contributed by atoms with Crippen LogP contribution in [0.1, 0.15) is 30.0 Å². The molecule has 0 saturated heterocycles. The van der Waals surface area contributed by atoms with Gasteiger partial charge in [-0.2, -0.15) is 0 Å². The van der Waals surface area contributed by atoms with E-state index in [-0.39, 0.29) is 11.8 Å². The zero-order valence-corrected chi connectivity index (χ0v) is 11.0. The topological polar surface area (TPSA) is 79.3 Å². The first-order valence-corrected chi connectivity index (χ1v) is 6.87. The SMILES string of the molecule is Cc1nc(CNC(=O)[C@@H]2CCC[C@@H]2C(=O)O)cs1. The number of amides is 1. The molecule has 6 heteroatoms. The van der Waals surface area contributed by atoms with E-state index in [1.54, 1.807) is 0 Å². The Morgan fingerprint density at radius 1 is 1.50 bits per heavy atom. The van der Waals surface area contributed by atoms with Gasteiger partial charge in [0.15, 0.2) is 0 Å². The van der Waals surface area contributed by atoms with E-state index < -0.39 is 11.9 Å². The van der Waals surface area contributed by atoms with Crippen LogP contribution < -0.4 is 5.32 Å². The molecule has 0 aromatic carbocycles. The Labute approximate surface area is 109 Å². The highest BCUT2D eigenvalue weighted by Crippen LogP contribution is 2.32. The molecule has 1 fully saturated rings. The predicted molar refractivity (Wildman–Crippen MR) is 67.2 cm³/mol. The quantitative estimate of drug-likeness (QED) is 0.868. The summed E-state index contributed by atoms with van der Waals surface area (Å²) in [5, 5.41) is 14.7. The van der Waals surface area contributed by atoms with Gasteiger partial charge in [0, 0.05) is 5.38 Å². The van der Waals surface area contributed by atoms with Gasteiger partial charge in [-0.05, 0) is 19.8 Å². The van der Waals surface area contributed by atoms with Crippen LogP contribution in [0.3, 0.4) is 0 Å². The summed E-state index contributed by atoms with van der Waals surface area (Å²) >= 11 is 1.54. The number of hydrogen-bond acceptors (Lipinski definition) is 4. The summed E-state index contributed by atoms with van der Waals surface area (Å²) in [5.74, 6) is -1.94. The molecule has 1 aliphatic rings. The fourth-order valence-electron chi connectivity index (χ4n) is 2.37. The Bertz CT molecular complexity index is 458. The number of carboxylic acids is 1. The molecule has 1 aromatic heterocycles. The summed E-state index contributed by atoms with van der Waals surface area (Å²) < 4.78 is 0. The third kappa shape index (κ3) is 2.87. The average Bonchev–Trinajstić information content (AvgIpc) is 2.94. The van der Waals surface area contributed by atoms with Crippen molar-refractivity contribution in [3.8, 4) is 0 Å². The van der Waals surface area contributed by atoms with Crippen molar-refractivity contribution in [3.05, 3.63) is 16.1 Å². The number of carboxylic acid groups (broad SMARTS) is 1. The molecule has 18 heavy (non-hydrogen) atoms. The van der Waals surface area contributed by atoms with Crippen molar-refractivity contribution in [2.75, 3.05) is 0 Å². The van der Waals surface area contributed by atoms with Gasteiger partial charge >= 0.3 is 5.97 Å². The number of aliphatic carboxylic acids is 1. The van der Waals surface area contributed by atoms with Crippen molar-refractivity contribution in [1.82, 2.24) is 10.3 Å². The molecule has 0 bridgehead atoms. The van der Waals surface area contributed by atoms with E-state index in [1.165, 1.54) is 11.3 Å². The number of aryl methyl sites for hydroxylation is 1. The lowest BCUT2D eigenvalue weighted by Crippen LogP contribution is -2.34. The van der Waals surface area contributed by atoms with E-state index in [2.05, 4.69) is 10.3 Å². The highest BCUT2D eigenvalue weighted by molar-refractivity contribution is 7.09. The van der Waals surface area contributed by atoms with Crippen molar-refractivity contribution in [2.24, 2.45) is 11.8 Å². The van der Waals surface area contributed by atoms with Crippen LogP contribution in [0.15, 0.2) is 5.38 Å². The van der Waals surface area contributed by atoms with Crippen LogP contribution in [0, 0.1) is 18.8 Å². The minimum atomic E-state index is -0.864. The van der Waals surface area contributed by atoms with E-state index in [1.807, 2.05) is 12.3 Å². The minimum absolute atomic E-state index is 0.162. The van der Waals surface area contributed by atoms with E-state index in [9.17, 15) is 9.59 Å². The lowest BCUT2D eigenvalue weighted by atomic mass is 9.95. The number of carbonyl (C=O) groups excluding carboxylic acids is 1. The van der Waals surface area contributed by atoms with Crippen LogP contribution in [0.4, 0.5) is 0 Å². The van der Waals surface area contributed by atoms with Crippen molar-refractivity contribution in [3.63, 3.8) is 0 Å². The summed E-state index contributed by atoms with van der Waals surface area (Å²) in [5.41, 5.74) is 0.829. The van der Waals surface area contributed by atoms with Gasteiger partial charge in [-0.3, -0.25) is 9.59 Å². The van der Waals surface area contributed by atoms with Crippen LogP contribution >= 0.6 is 11.3 Å². The second-order valence-electron chi connectivity index (χ2n) is 4.56. The molecule has 1 aliphatic carbocycles. The van der Waals surface area contributed by atoms with Gasteiger partial charge in [0.25, 0.3) is 0 Å². The molecular formula is C12H16N2O3S. The van der Waals surface area contributed by atoms with Crippen LogP contribution in [0.5, 0.6) is 0 Å². The standard InChI is InChI=1S/C12H16N2O3S/c1-7-14-8(6-18-7)5-13-11(15)9-3-2-4-10(9)12(16)17/h6,9-10H,2-5H2,1H3,(H,13,15)(H,16,17)/t9-,10+/m1/s1. The average molecular weight is 268 g/mol. The van der Waals surface area contributed by atoms with Crippen LogP contribution in [0.25, 0.3) is 0 Å². The number of carbonyl (C=O) groups is 2. The van der Waals surface area contributed by atoms with Crippen molar-refractivity contribution >= 4 is 23.2 Å². The highest BCUT2D eigenvalue weighted by atomic mass is 32.1. The molecule has 0 radical (unpaired) electrons. The summed E-state index contributed by atoms with van der Waals surface area (Å²) in [6.07, 6.45) is 2.08. The van der Waals surface area contributed by atoms with Crippen molar-refractivity contribution in [2.45, 2.75) is 32.7 Å². The van der Waals surface area contributed by atoms with Crippen LogP contribution in [-0.4, -0.2) is 22.0 Å². The second-order valence-corrected chi connectivity index (χ2v) is 5.62. The van der Waals surface area contributed by atoms with E-state index >= 15 is 0 Å². The third-order valence-electron chi connectivity index (χ3n) is 3.28. The first-order valence-electron chi connectivity index (χ1n) is 5.99. The molecule has 0 spiro atoms. The predicted octanol–water partition coefficient (Wildman–Crippen LogP) is 1.57. The molecule has 98 valence electrons. The Morgan fingerprint density at radius 3 is 2.83 bits per heavy atom. The van der Waals surface area contributed by atoms with Gasteiger partial charge in [0.1, 0.15) is 0 Å². The maximum Gasteiger partial charge on any atom is 0.307 e. The fourth-order valence-corrected chi connectivity index (χ4v) is 2.98. The minimum Gasteiger partial charge on any atom is -0.481 e. The molecular weight excluding hydrogens is 252 g/mol. The summed E-state index contributed by atoms with van der Waals surface area (Å²) in [4.78, 5) is 27.2. The number of rotatable bonds is 4. The largest absolute Gasteiger partial charge is 0.481 e. The Morgan fingerprint density at radius 2 is 2.22 bits per heavy atom. The molecule has 2 rings (SSSR count). The first-order chi connectivity index (χ1) is 8.58. The molecule has 2 N–H and O–H groups in total. The number of nitrogens with one attached hydrogen (secondary N) is 1. The van der Waals surface area contributed by atoms with Crippen molar-refractivity contribution < 1.29 is 14.7 Å². The first kappa shape index (κ1) is 13.0. The van der Waals surface area contributed by atoms with E-state index in [0.717, 1.165) is 17.1 Å². The number of aromatic nitrogens is 1. The van der Waals surface area contributed by atoms with Crippen LogP contribution in [-0.2, 0) is 16.1 Å². The smallest absolute Gasteiger partial charge is 0.307 e. The Kier molecular flexibility index (Phi) is 3.96. The summed E-state index contributed by atoms with van der Waals surface area (Å²) in [6, 6.07) is 0. The number of hydrogen-bond donors (Lipinski definition) is 2. The molecule has 1 aromatic rings. The maximum absolute atomic E-state index is 11.9. The third-order valence-corrected chi connectivity index (χ3v) is 4.10. The number of thiazole rings is 1. The van der Waals surface area contributed by atoms with E-state index in [0.29, 0.717) is 19.4 Å². The fraction of sp³-hybridized carbons (Fsp3) is 0.583. The molecule has 1 saturated carbocycles. The molecule has 0 unspecified atom stereocenters. The summed E-state index contributed by atoms with van der Waals surface area (Å²) in [7, 11) is 0. The lowest BCUT2D eigenvalue weighted by Gasteiger charge is -2.14. The second kappa shape index (κ2) is 5.48. The van der Waals surface area contributed by atoms with Gasteiger partial charge < -0.3 is 10.4 Å². The monoisotopic (exact) mass is 268 g/mol. The Hall–Kier alpha value is -1.43. The zero-order chi connectivity index (χ0) is 13.1. The van der Waals surface area contributed by atoms with Gasteiger partial charge in [0.2, 0.25) is 5.91 Å². The van der Waals surface area contributed by atoms with Crippen LogP contribution in [0.2, 0.25) is 0 Å². The molecule has 2 atom stereocenters. The number of nitrogens with zero attached hydrogens (tertiary/aromatic N) is 1. The maximum atomic E-state index is 11.9. The van der Waals surface area contributed by atoms with Crippen molar-refractivity contribution in [1.29, 1.82) is 0 Å². The highest BCUT2D eigenvalue weighted by Gasteiger charge is 2.37. The zero-order valence-electron chi connectivity index (χ0n) is 10.2. The molecule has 1 amide bonds.